The summed E-state index contributed by atoms with van der Waals surface area (Å²) in [5.41, 5.74) is -1.51. The summed E-state index contributed by atoms with van der Waals surface area (Å²) in [6.07, 6.45) is -10.7. The number of amides is 1. The molecule has 0 aromatic heterocycles. The van der Waals surface area contributed by atoms with Crippen molar-refractivity contribution in [1.29, 1.82) is 0 Å². The number of alkyl halides is 6. The highest BCUT2D eigenvalue weighted by Crippen LogP contribution is 2.43. The zero-order valence-electron chi connectivity index (χ0n) is 28.1. The molecule has 0 bridgehead atoms. The largest absolute Gasteiger partial charge is 0.494 e. The first-order valence-electron chi connectivity index (χ1n) is 16.7. The predicted molar refractivity (Wildman–Crippen MR) is 187 cm³/mol. The maximum atomic E-state index is 14.6. The predicted octanol–water partition coefficient (Wildman–Crippen LogP) is 8.97. The van der Waals surface area contributed by atoms with Crippen molar-refractivity contribution in [3.8, 4) is 16.9 Å². The van der Waals surface area contributed by atoms with Crippen molar-refractivity contribution in [3.05, 3.63) is 161 Å². The van der Waals surface area contributed by atoms with Crippen LogP contribution in [0.1, 0.15) is 45.9 Å². The number of aliphatic hydroxyl groups is 1. The Bertz CT molecular complexity index is 2000. The Morgan fingerprint density at radius 1 is 0.736 bits per heavy atom. The number of aliphatic imine (C=N–C) groups is 1. The van der Waals surface area contributed by atoms with Gasteiger partial charge in [-0.15, -0.1) is 0 Å². The fourth-order valence-corrected chi connectivity index (χ4v) is 6.13. The normalized spacial score (nSPS) is 17.2. The van der Waals surface area contributed by atoms with Crippen molar-refractivity contribution in [1.82, 2.24) is 5.32 Å². The van der Waals surface area contributed by atoms with Crippen LogP contribution >= 0.6 is 0 Å². The maximum absolute atomic E-state index is 14.6. The van der Waals surface area contributed by atoms with Crippen molar-refractivity contribution < 1.29 is 45.7 Å². The van der Waals surface area contributed by atoms with Gasteiger partial charge in [0.1, 0.15) is 5.75 Å². The zero-order valence-corrected chi connectivity index (χ0v) is 28.1. The summed E-state index contributed by atoms with van der Waals surface area (Å²) in [6, 6.07) is 33.9. The van der Waals surface area contributed by atoms with Crippen LogP contribution in [0.15, 0.2) is 132 Å². The SMILES string of the molecule is O=C(NCc1cc(C(F)(F)F)cc(C(F)(F)F)c1)[C@]1(Cc2ccccc2)N=C(c2ccc(OCCCO)cc2)O[C@@H]1c1ccc(-c2ccccc2)cc1. The molecule has 2 atom stereocenters. The number of carbonyl (C=O) groups excluding carboxylic acids is 1. The lowest BCUT2D eigenvalue weighted by molar-refractivity contribution is -0.143. The number of nitrogens with zero attached hydrogens (tertiary/aromatic N) is 1. The molecule has 6 nitrogen and oxygen atoms in total. The fraction of sp³-hybridized carbons (Fsp3) is 0.220. The van der Waals surface area contributed by atoms with Gasteiger partial charge in [-0.25, -0.2) is 4.99 Å². The zero-order chi connectivity index (χ0) is 37.6. The lowest BCUT2D eigenvalue weighted by Gasteiger charge is -2.31. The maximum Gasteiger partial charge on any atom is 0.416 e. The Morgan fingerprint density at radius 2 is 1.30 bits per heavy atom. The van der Waals surface area contributed by atoms with Crippen LogP contribution in [0.25, 0.3) is 11.1 Å². The van der Waals surface area contributed by atoms with Gasteiger partial charge in [0.25, 0.3) is 5.91 Å². The summed E-state index contributed by atoms with van der Waals surface area (Å²) < 4.78 is 94.1. The van der Waals surface area contributed by atoms with Crippen LogP contribution < -0.4 is 10.1 Å². The second-order valence-corrected chi connectivity index (χ2v) is 12.5. The van der Waals surface area contributed by atoms with Crippen LogP contribution in [-0.2, 0) is 34.8 Å². The first-order valence-corrected chi connectivity index (χ1v) is 16.7. The van der Waals surface area contributed by atoms with E-state index in [1.54, 1.807) is 66.7 Å². The van der Waals surface area contributed by atoms with E-state index in [2.05, 4.69) is 5.32 Å². The third-order valence-corrected chi connectivity index (χ3v) is 8.77. The molecular weight excluding hydrogens is 698 g/mol. The van der Waals surface area contributed by atoms with Gasteiger partial charge >= 0.3 is 12.4 Å². The third-order valence-electron chi connectivity index (χ3n) is 8.77. The quantitative estimate of drug-likeness (QED) is 0.0992. The second kappa shape index (κ2) is 15.5. The summed E-state index contributed by atoms with van der Waals surface area (Å²) in [5.74, 6) is -0.126. The molecule has 0 saturated carbocycles. The van der Waals surface area contributed by atoms with Crippen molar-refractivity contribution in [2.75, 3.05) is 13.2 Å². The summed E-state index contributed by atoms with van der Waals surface area (Å²) in [7, 11) is 0. The first kappa shape index (κ1) is 37.1. The second-order valence-electron chi connectivity index (χ2n) is 12.5. The molecule has 274 valence electrons. The van der Waals surface area contributed by atoms with Crippen LogP contribution in [0.2, 0.25) is 0 Å². The Kier molecular flexibility index (Phi) is 10.9. The van der Waals surface area contributed by atoms with Gasteiger partial charge in [-0.1, -0.05) is 84.9 Å². The molecule has 0 radical (unpaired) electrons. The Labute approximate surface area is 301 Å². The fourth-order valence-electron chi connectivity index (χ4n) is 6.13. The van der Waals surface area contributed by atoms with Gasteiger partial charge in [-0.3, -0.25) is 4.79 Å². The van der Waals surface area contributed by atoms with Crippen LogP contribution in [0, 0.1) is 0 Å². The Morgan fingerprint density at radius 3 is 1.89 bits per heavy atom. The minimum Gasteiger partial charge on any atom is -0.494 e. The molecule has 0 saturated heterocycles. The Hall–Kier alpha value is -5.62. The van der Waals surface area contributed by atoms with E-state index >= 15 is 0 Å². The van der Waals surface area contributed by atoms with Crippen LogP contribution in [-0.4, -0.2) is 35.7 Å². The number of aliphatic hydroxyl groups excluding tert-OH is 1. The molecule has 6 rings (SSSR count). The number of benzene rings is 5. The number of halogens is 6. The summed E-state index contributed by atoms with van der Waals surface area (Å²) in [5, 5.41) is 11.7. The highest BCUT2D eigenvalue weighted by molar-refractivity contribution is 6.01. The highest BCUT2D eigenvalue weighted by atomic mass is 19.4. The van der Waals surface area contributed by atoms with E-state index in [0.717, 1.165) is 11.1 Å². The van der Waals surface area contributed by atoms with E-state index in [9.17, 15) is 31.1 Å². The van der Waals surface area contributed by atoms with Crippen LogP contribution in [0.3, 0.4) is 0 Å². The van der Waals surface area contributed by atoms with E-state index in [1.165, 1.54) is 0 Å². The smallest absolute Gasteiger partial charge is 0.416 e. The number of nitrogens with one attached hydrogen (secondary N) is 1. The third kappa shape index (κ3) is 8.72. The molecule has 0 fully saturated rings. The molecule has 2 N–H and O–H groups in total. The molecule has 1 aliphatic heterocycles. The van der Waals surface area contributed by atoms with Crippen LogP contribution in [0.5, 0.6) is 5.75 Å². The number of carbonyl (C=O) groups is 1. The average Bonchev–Trinajstić information content (AvgIpc) is 3.54. The van der Waals surface area contributed by atoms with E-state index < -0.39 is 47.6 Å². The molecule has 5 aromatic rings. The topological polar surface area (TPSA) is 80.2 Å². The van der Waals surface area contributed by atoms with Gasteiger partial charge in [0.15, 0.2) is 11.6 Å². The molecule has 1 amide bonds. The Balaban J connectivity index is 1.41. The molecule has 12 heteroatoms. The number of hydrogen-bond acceptors (Lipinski definition) is 5. The molecule has 0 spiro atoms. The lowest BCUT2D eigenvalue weighted by atomic mass is 9.81. The lowest BCUT2D eigenvalue weighted by Crippen LogP contribution is -2.49. The van der Waals surface area contributed by atoms with Crippen LogP contribution in [0.4, 0.5) is 26.3 Å². The highest BCUT2D eigenvalue weighted by Gasteiger charge is 2.53. The molecule has 0 aliphatic carbocycles. The van der Waals surface area contributed by atoms with Crippen molar-refractivity contribution in [2.24, 2.45) is 4.99 Å². The minimum absolute atomic E-state index is 0.0208. The molecule has 1 heterocycles. The van der Waals surface area contributed by atoms with Gasteiger partial charge in [0.2, 0.25) is 5.90 Å². The van der Waals surface area contributed by atoms with E-state index in [1.807, 2.05) is 42.5 Å². The van der Waals surface area contributed by atoms with E-state index in [0.29, 0.717) is 47.6 Å². The first-order chi connectivity index (χ1) is 25.4. The minimum atomic E-state index is -5.05. The molecular formula is C41H34F6N2O4. The van der Waals surface area contributed by atoms with Crippen molar-refractivity contribution in [2.45, 2.75) is 43.4 Å². The monoisotopic (exact) mass is 732 g/mol. The van der Waals surface area contributed by atoms with E-state index in [-0.39, 0.29) is 30.6 Å². The summed E-state index contributed by atoms with van der Waals surface area (Å²) >= 11 is 0. The van der Waals surface area contributed by atoms with Crippen molar-refractivity contribution in [3.63, 3.8) is 0 Å². The standard InChI is InChI=1S/C41H34F6N2O4/c42-40(43,44)33-22-28(23-34(24-33)41(45,46)47)26-48-38(51)39(25-27-8-3-1-4-9-27)36(31-14-12-30(13-15-31)29-10-5-2-6-11-29)53-37(49-39)32-16-18-35(19-17-32)52-21-7-20-50/h1-6,8-19,22-24,36,50H,7,20-21,25-26H2,(H,48,51)/t36-,39-/m1/s1. The number of ether oxygens (including phenoxy) is 2. The number of rotatable bonds is 12. The molecule has 53 heavy (non-hydrogen) atoms. The summed E-state index contributed by atoms with van der Waals surface area (Å²) in [4.78, 5) is 19.5. The van der Waals surface area contributed by atoms with Gasteiger partial charge in [0, 0.05) is 31.6 Å². The molecule has 1 aliphatic rings. The van der Waals surface area contributed by atoms with Gasteiger partial charge in [-0.05, 0) is 70.3 Å². The van der Waals surface area contributed by atoms with Gasteiger partial charge in [0.05, 0.1) is 17.7 Å². The van der Waals surface area contributed by atoms with Gasteiger partial charge in [-0.2, -0.15) is 26.3 Å². The van der Waals surface area contributed by atoms with Crippen molar-refractivity contribution >= 4 is 11.8 Å². The van der Waals surface area contributed by atoms with Gasteiger partial charge < -0.3 is 19.9 Å². The molecule has 0 unspecified atom stereocenters. The molecule has 5 aromatic carbocycles. The number of hydrogen-bond donors (Lipinski definition) is 2. The average molecular weight is 733 g/mol. The summed E-state index contributed by atoms with van der Waals surface area (Å²) in [6.45, 7) is -0.378. The van der Waals surface area contributed by atoms with E-state index in [4.69, 9.17) is 19.6 Å².